The number of aryl methyl sites for hydroxylation is 1. The Hall–Kier alpha value is -1.78. The maximum Gasteiger partial charge on any atom is 0.416 e. The number of halogens is 3. The molecular formula is C12H10F3NO. The lowest BCUT2D eigenvalue weighted by molar-refractivity contribution is -0.138. The van der Waals surface area contributed by atoms with E-state index in [1.54, 1.807) is 13.0 Å². The topological polar surface area (TPSA) is 26.0 Å². The Labute approximate surface area is 96.1 Å². The molecule has 0 aliphatic heterocycles. The van der Waals surface area contributed by atoms with Crippen LogP contribution in [0, 0.1) is 13.8 Å². The molecule has 1 aromatic carbocycles. The summed E-state index contributed by atoms with van der Waals surface area (Å²) >= 11 is 0. The molecular weight excluding hydrogens is 231 g/mol. The van der Waals surface area contributed by atoms with Crippen molar-refractivity contribution in [2.24, 2.45) is 0 Å². The number of alkyl halides is 3. The van der Waals surface area contributed by atoms with Crippen LogP contribution in [-0.2, 0) is 6.18 Å². The Bertz CT molecular complexity index is 543. The van der Waals surface area contributed by atoms with Gasteiger partial charge in [0.1, 0.15) is 5.76 Å². The summed E-state index contributed by atoms with van der Waals surface area (Å²) in [5.74, 6) is 0.780. The highest BCUT2D eigenvalue weighted by molar-refractivity contribution is 5.61. The standard InChI is InChI=1S/C12H10F3NO/c1-7-6-16-11(17-7)9-4-3-5-10(8(9)2)12(13,14)15/h3-6H,1-2H3. The number of benzene rings is 1. The highest BCUT2D eigenvalue weighted by Gasteiger charge is 2.33. The first kappa shape index (κ1) is 11.7. The van der Waals surface area contributed by atoms with Gasteiger partial charge in [-0.2, -0.15) is 13.2 Å². The van der Waals surface area contributed by atoms with Gasteiger partial charge < -0.3 is 4.42 Å². The smallest absolute Gasteiger partial charge is 0.416 e. The van der Waals surface area contributed by atoms with Crippen LogP contribution in [0.5, 0.6) is 0 Å². The Morgan fingerprint density at radius 2 is 1.88 bits per heavy atom. The fraction of sp³-hybridized carbons (Fsp3) is 0.250. The molecule has 17 heavy (non-hydrogen) atoms. The van der Waals surface area contributed by atoms with E-state index in [1.165, 1.54) is 19.2 Å². The number of hydrogen-bond acceptors (Lipinski definition) is 2. The molecule has 1 aromatic heterocycles. The molecule has 0 atom stereocenters. The first-order valence-electron chi connectivity index (χ1n) is 4.99. The van der Waals surface area contributed by atoms with Gasteiger partial charge >= 0.3 is 6.18 Å². The number of oxazole rings is 1. The molecule has 0 amide bonds. The minimum atomic E-state index is -4.36. The molecule has 0 N–H and O–H groups in total. The van der Waals surface area contributed by atoms with Crippen molar-refractivity contribution in [3.05, 3.63) is 41.3 Å². The van der Waals surface area contributed by atoms with Crippen LogP contribution >= 0.6 is 0 Å². The summed E-state index contributed by atoms with van der Waals surface area (Å²) in [5, 5.41) is 0. The van der Waals surface area contributed by atoms with Crippen molar-refractivity contribution in [2.45, 2.75) is 20.0 Å². The summed E-state index contributed by atoms with van der Waals surface area (Å²) < 4.78 is 43.3. The second kappa shape index (κ2) is 3.91. The van der Waals surface area contributed by atoms with Crippen LogP contribution in [-0.4, -0.2) is 4.98 Å². The maximum atomic E-state index is 12.7. The van der Waals surface area contributed by atoms with Crippen molar-refractivity contribution >= 4 is 0 Å². The van der Waals surface area contributed by atoms with Crippen molar-refractivity contribution < 1.29 is 17.6 Å². The lowest BCUT2D eigenvalue weighted by Crippen LogP contribution is -2.07. The van der Waals surface area contributed by atoms with E-state index in [4.69, 9.17) is 4.42 Å². The van der Waals surface area contributed by atoms with Crippen LogP contribution in [0.1, 0.15) is 16.9 Å². The Balaban J connectivity index is 2.57. The lowest BCUT2D eigenvalue weighted by Gasteiger charge is -2.11. The minimum absolute atomic E-state index is 0.127. The normalized spacial score (nSPS) is 11.8. The number of hydrogen-bond donors (Lipinski definition) is 0. The highest BCUT2D eigenvalue weighted by atomic mass is 19.4. The SMILES string of the molecule is Cc1cnc(-c2cccc(C(F)(F)F)c2C)o1. The number of aromatic nitrogens is 1. The predicted octanol–water partition coefficient (Wildman–Crippen LogP) is 3.98. The number of nitrogens with zero attached hydrogens (tertiary/aromatic N) is 1. The Morgan fingerprint density at radius 3 is 2.41 bits per heavy atom. The van der Waals surface area contributed by atoms with Crippen LogP contribution in [0.15, 0.2) is 28.8 Å². The third kappa shape index (κ3) is 2.18. The summed E-state index contributed by atoms with van der Waals surface area (Å²) in [6.45, 7) is 3.11. The molecule has 0 aliphatic rings. The first-order valence-corrected chi connectivity index (χ1v) is 4.99. The van der Waals surface area contributed by atoms with E-state index in [2.05, 4.69) is 4.98 Å². The largest absolute Gasteiger partial charge is 0.441 e. The van der Waals surface area contributed by atoms with E-state index in [0.717, 1.165) is 6.07 Å². The molecule has 90 valence electrons. The number of rotatable bonds is 1. The third-order valence-electron chi connectivity index (χ3n) is 2.49. The van der Waals surface area contributed by atoms with Gasteiger partial charge in [-0.25, -0.2) is 4.98 Å². The molecule has 0 spiro atoms. The summed E-state index contributed by atoms with van der Waals surface area (Å²) in [7, 11) is 0. The van der Waals surface area contributed by atoms with E-state index >= 15 is 0 Å². The van der Waals surface area contributed by atoms with Crippen molar-refractivity contribution in [3.8, 4) is 11.5 Å². The van der Waals surface area contributed by atoms with Gasteiger partial charge in [0.15, 0.2) is 0 Å². The quantitative estimate of drug-likeness (QED) is 0.754. The first-order chi connectivity index (χ1) is 7.89. The third-order valence-corrected chi connectivity index (χ3v) is 2.49. The second-order valence-electron chi connectivity index (χ2n) is 3.75. The van der Waals surface area contributed by atoms with Gasteiger partial charge in [-0.05, 0) is 31.5 Å². The Morgan fingerprint density at radius 1 is 1.18 bits per heavy atom. The molecule has 2 aromatic rings. The monoisotopic (exact) mass is 241 g/mol. The van der Waals surface area contributed by atoms with E-state index in [9.17, 15) is 13.2 Å². The van der Waals surface area contributed by atoms with Gasteiger partial charge in [-0.3, -0.25) is 0 Å². The molecule has 0 radical (unpaired) electrons. The summed E-state index contributed by atoms with van der Waals surface area (Å²) in [5.41, 5.74) is -0.166. The average Bonchev–Trinajstić information content (AvgIpc) is 2.63. The average molecular weight is 241 g/mol. The Kier molecular flexibility index (Phi) is 2.69. The van der Waals surface area contributed by atoms with Crippen LogP contribution < -0.4 is 0 Å². The molecule has 0 unspecified atom stereocenters. The predicted molar refractivity (Wildman–Crippen MR) is 56.4 cm³/mol. The van der Waals surface area contributed by atoms with Crippen molar-refractivity contribution in [3.63, 3.8) is 0 Å². The summed E-state index contributed by atoms with van der Waals surface area (Å²) in [6, 6.07) is 3.97. The van der Waals surface area contributed by atoms with Gasteiger partial charge in [-0.15, -0.1) is 0 Å². The van der Waals surface area contributed by atoms with Gasteiger partial charge in [0.25, 0.3) is 0 Å². The molecule has 2 nitrogen and oxygen atoms in total. The maximum absolute atomic E-state index is 12.7. The van der Waals surface area contributed by atoms with Crippen molar-refractivity contribution in [1.82, 2.24) is 4.98 Å². The van der Waals surface area contributed by atoms with E-state index in [1.807, 2.05) is 0 Å². The van der Waals surface area contributed by atoms with Crippen LogP contribution in [0.3, 0.4) is 0 Å². The van der Waals surface area contributed by atoms with Crippen LogP contribution in [0.2, 0.25) is 0 Å². The van der Waals surface area contributed by atoms with Gasteiger partial charge in [0.05, 0.1) is 11.8 Å². The summed E-state index contributed by atoms with van der Waals surface area (Å²) in [6.07, 6.45) is -2.88. The van der Waals surface area contributed by atoms with E-state index in [-0.39, 0.29) is 11.5 Å². The highest BCUT2D eigenvalue weighted by Crippen LogP contribution is 2.35. The minimum Gasteiger partial charge on any atom is -0.441 e. The summed E-state index contributed by atoms with van der Waals surface area (Å²) in [4.78, 5) is 3.94. The zero-order valence-corrected chi connectivity index (χ0v) is 9.30. The fourth-order valence-corrected chi connectivity index (χ4v) is 1.65. The van der Waals surface area contributed by atoms with Gasteiger partial charge in [0, 0.05) is 5.56 Å². The zero-order chi connectivity index (χ0) is 12.6. The van der Waals surface area contributed by atoms with Crippen molar-refractivity contribution in [1.29, 1.82) is 0 Å². The van der Waals surface area contributed by atoms with Crippen LogP contribution in [0.4, 0.5) is 13.2 Å². The molecule has 2 rings (SSSR count). The molecule has 5 heteroatoms. The molecule has 0 saturated carbocycles. The van der Waals surface area contributed by atoms with E-state index < -0.39 is 11.7 Å². The second-order valence-corrected chi connectivity index (χ2v) is 3.75. The molecule has 0 aliphatic carbocycles. The van der Waals surface area contributed by atoms with Gasteiger partial charge in [0.2, 0.25) is 5.89 Å². The molecule has 0 bridgehead atoms. The molecule has 1 heterocycles. The lowest BCUT2D eigenvalue weighted by atomic mass is 10.0. The zero-order valence-electron chi connectivity index (χ0n) is 9.30. The van der Waals surface area contributed by atoms with Crippen LogP contribution in [0.25, 0.3) is 11.5 Å². The van der Waals surface area contributed by atoms with Crippen molar-refractivity contribution in [2.75, 3.05) is 0 Å². The van der Waals surface area contributed by atoms with Gasteiger partial charge in [-0.1, -0.05) is 6.07 Å². The van der Waals surface area contributed by atoms with E-state index in [0.29, 0.717) is 11.3 Å². The molecule has 0 saturated heterocycles. The fourth-order valence-electron chi connectivity index (χ4n) is 1.65. The molecule has 0 fully saturated rings.